The van der Waals surface area contributed by atoms with Crippen LogP contribution in [-0.2, 0) is 10.8 Å². The molecular formula is C13H17NO3S. The van der Waals surface area contributed by atoms with Crippen molar-refractivity contribution in [1.29, 1.82) is 0 Å². The molecule has 0 amide bonds. The Balaban J connectivity index is 1.96. The third kappa shape index (κ3) is 3.40. The summed E-state index contributed by atoms with van der Waals surface area (Å²) in [6.07, 6.45) is 0. The molecule has 0 unspecified atom stereocenters. The summed E-state index contributed by atoms with van der Waals surface area (Å²) in [4.78, 5) is 14.1. The zero-order valence-electron chi connectivity index (χ0n) is 10.4. The molecule has 0 radical (unpaired) electrons. The summed E-state index contributed by atoms with van der Waals surface area (Å²) >= 11 is 0. The van der Waals surface area contributed by atoms with Crippen LogP contribution in [0.3, 0.4) is 0 Å². The molecule has 1 fully saturated rings. The Bertz CT molecular complexity index is 451. The third-order valence-electron chi connectivity index (χ3n) is 3.03. The summed E-state index contributed by atoms with van der Waals surface area (Å²) in [6, 6.07) is 7.19. The van der Waals surface area contributed by atoms with Crippen molar-refractivity contribution in [2.45, 2.75) is 0 Å². The summed E-state index contributed by atoms with van der Waals surface area (Å²) in [7, 11) is 0.889. The van der Waals surface area contributed by atoms with E-state index in [2.05, 4.69) is 4.90 Å². The van der Waals surface area contributed by atoms with Crippen LogP contribution in [0.5, 0.6) is 5.75 Å². The number of methoxy groups -OCH3 is 1. The third-order valence-corrected chi connectivity index (χ3v) is 4.31. The molecule has 2 rings (SSSR count). The summed E-state index contributed by atoms with van der Waals surface area (Å²) < 4.78 is 16.3. The number of nitrogens with zero attached hydrogens (tertiary/aromatic N) is 1. The van der Waals surface area contributed by atoms with Gasteiger partial charge in [-0.1, -0.05) is 12.1 Å². The van der Waals surface area contributed by atoms with Crippen molar-refractivity contribution in [3.63, 3.8) is 0 Å². The number of hydrogen-bond donors (Lipinski definition) is 0. The predicted octanol–water partition coefficient (Wildman–Crippen LogP) is 0.942. The lowest BCUT2D eigenvalue weighted by atomic mass is 10.1. The van der Waals surface area contributed by atoms with E-state index in [0.29, 0.717) is 29.4 Å². The number of carbonyl (C=O) groups is 1. The summed E-state index contributed by atoms with van der Waals surface area (Å²) in [6.45, 7) is 1.87. The molecule has 1 saturated heterocycles. The van der Waals surface area contributed by atoms with Gasteiger partial charge in [-0.3, -0.25) is 13.9 Å². The van der Waals surface area contributed by atoms with Crippen LogP contribution in [-0.4, -0.2) is 53.1 Å². The molecule has 0 atom stereocenters. The molecule has 1 aliphatic heterocycles. The van der Waals surface area contributed by atoms with E-state index in [1.807, 2.05) is 12.1 Å². The monoisotopic (exact) mass is 267 g/mol. The van der Waals surface area contributed by atoms with Crippen molar-refractivity contribution in [1.82, 2.24) is 4.90 Å². The average molecular weight is 267 g/mol. The van der Waals surface area contributed by atoms with E-state index in [9.17, 15) is 9.00 Å². The molecule has 4 nitrogen and oxygen atoms in total. The van der Waals surface area contributed by atoms with Crippen LogP contribution in [0, 0.1) is 0 Å². The van der Waals surface area contributed by atoms with Gasteiger partial charge in [0.15, 0.2) is 5.78 Å². The van der Waals surface area contributed by atoms with Crippen molar-refractivity contribution < 1.29 is 13.7 Å². The second-order valence-electron chi connectivity index (χ2n) is 4.28. The highest BCUT2D eigenvalue weighted by Gasteiger charge is 2.18. The lowest BCUT2D eigenvalue weighted by Crippen LogP contribution is -2.40. The Labute approximate surface area is 109 Å². The second-order valence-corrected chi connectivity index (χ2v) is 5.98. The van der Waals surface area contributed by atoms with Gasteiger partial charge < -0.3 is 4.74 Å². The molecule has 98 valence electrons. The second kappa shape index (κ2) is 6.11. The molecule has 18 heavy (non-hydrogen) atoms. The number of carbonyl (C=O) groups excluding carboxylic acids is 1. The molecule has 0 saturated carbocycles. The molecule has 0 aromatic heterocycles. The van der Waals surface area contributed by atoms with E-state index < -0.39 is 10.8 Å². The van der Waals surface area contributed by atoms with Crippen molar-refractivity contribution >= 4 is 16.6 Å². The van der Waals surface area contributed by atoms with Crippen molar-refractivity contribution in [3.05, 3.63) is 29.8 Å². The number of rotatable bonds is 4. The summed E-state index contributed by atoms with van der Waals surface area (Å²) in [5.74, 6) is 2.12. The van der Waals surface area contributed by atoms with E-state index in [1.54, 1.807) is 19.2 Å². The van der Waals surface area contributed by atoms with Crippen molar-refractivity contribution in [2.75, 3.05) is 38.2 Å². The van der Waals surface area contributed by atoms with Gasteiger partial charge in [0.1, 0.15) is 5.75 Å². The molecule has 5 heteroatoms. The van der Waals surface area contributed by atoms with E-state index >= 15 is 0 Å². The van der Waals surface area contributed by atoms with Gasteiger partial charge in [-0.2, -0.15) is 0 Å². The predicted molar refractivity (Wildman–Crippen MR) is 71.6 cm³/mol. The smallest absolute Gasteiger partial charge is 0.176 e. The van der Waals surface area contributed by atoms with E-state index in [0.717, 1.165) is 13.1 Å². The minimum absolute atomic E-state index is 0.0848. The van der Waals surface area contributed by atoms with Crippen LogP contribution in [0.1, 0.15) is 10.4 Å². The fraction of sp³-hybridized carbons (Fsp3) is 0.462. The van der Waals surface area contributed by atoms with E-state index in [1.165, 1.54) is 0 Å². The quantitative estimate of drug-likeness (QED) is 0.762. The number of Topliss-reactive ketones (excluding diaryl/α,β-unsaturated/α-hetero) is 1. The van der Waals surface area contributed by atoms with Crippen LogP contribution >= 0.6 is 0 Å². The maximum Gasteiger partial charge on any atom is 0.176 e. The zero-order chi connectivity index (χ0) is 13.0. The minimum Gasteiger partial charge on any atom is -0.497 e. The Morgan fingerprint density at radius 1 is 1.39 bits per heavy atom. The average Bonchev–Trinajstić information content (AvgIpc) is 2.41. The normalized spacial score (nSPS) is 17.6. The van der Waals surface area contributed by atoms with Crippen LogP contribution in [0.4, 0.5) is 0 Å². The van der Waals surface area contributed by atoms with Crippen LogP contribution < -0.4 is 4.74 Å². The molecule has 0 bridgehead atoms. The summed E-state index contributed by atoms with van der Waals surface area (Å²) in [5, 5.41) is 0. The lowest BCUT2D eigenvalue weighted by Gasteiger charge is -2.25. The minimum atomic E-state index is -0.698. The molecule has 1 aromatic carbocycles. The van der Waals surface area contributed by atoms with Gasteiger partial charge in [0.2, 0.25) is 0 Å². The van der Waals surface area contributed by atoms with Gasteiger partial charge in [-0.15, -0.1) is 0 Å². The fourth-order valence-corrected chi connectivity index (χ4v) is 3.05. The van der Waals surface area contributed by atoms with Gasteiger partial charge in [0.05, 0.1) is 13.7 Å². The van der Waals surface area contributed by atoms with Gasteiger partial charge >= 0.3 is 0 Å². The highest BCUT2D eigenvalue weighted by atomic mass is 32.2. The maximum atomic E-state index is 12.1. The summed E-state index contributed by atoms with van der Waals surface area (Å²) in [5.41, 5.74) is 0.668. The molecule has 1 heterocycles. The molecule has 0 N–H and O–H groups in total. The Hall–Kier alpha value is -1.20. The zero-order valence-corrected chi connectivity index (χ0v) is 11.2. The van der Waals surface area contributed by atoms with Gasteiger partial charge in [0, 0.05) is 41.0 Å². The highest BCUT2D eigenvalue weighted by Crippen LogP contribution is 2.13. The first-order valence-electron chi connectivity index (χ1n) is 5.93. The topological polar surface area (TPSA) is 46.6 Å². The van der Waals surface area contributed by atoms with E-state index in [-0.39, 0.29) is 5.78 Å². The molecule has 0 spiro atoms. The van der Waals surface area contributed by atoms with Crippen molar-refractivity contribution in [3.8, 4) is 5.75 Å². The Kier molecular flexibility index (Phi) is 4.49. The van der Waals surface area contributed by atoms with Gasteiger partial charge in [-0.05, 0) is 12.1 Å². The number of hydrogen-bond acceptors (Lipinski definition) is 4. The lowest BCUT2D eigenvalue weighted by molar-refractivity contribution is 0.0936. The highest BCUT2D eigenvalue weighted by molar-refractivity contribution is 7.85. The number of ether oxygens (including phenoxy) is 1. The van der Waals surface area contributed by atoms with Gasteiger partial charge in [0.25, 0.3) is 0 Å². The van der Waals surface area contributed by atoms with E-state index in [4.69, 9.17) is 4.74 Å². The van der Waals surface area contributed by atoms with Crippen molar-refractivity contribution in [2.24, 2.45) is 0 Å². The fourth-order valence-electron chi connectivity index (χ4n) is 1.92. The maximum absolute atomic E-state index is 12.1. The first kappa shape index (κ1) is 13.2. The van der Waals surface area contributed by atoms with Crippen LogP contribution in [0.2, 0.25) is 0 Å². The van der Waals surface area contributed by atoms with Crippen LogP contribution in [0.25, 0.3) is 0 Å². The first-order chi connectivity index (χ1) is 8.69. The largest absolute Gasteiger partial charge is 0.497 e. The first-order valence-corrected chi connectivity index (χ1v) is 7.42. The van der Waals surface area contributed by atoms with Crippen LogP contribution in [0.15, 0.2) is 24.3 Å². The molecule has 0 aliphatic carbocycles. The molecule has 1 aromatic rings. The Morgan fingerprint density at radius 3 is 2.78 bits per heavy atom. The number of ketones is 1. The SMILES string of the molecule is COc1cccc(C(=O)CN2CCS(=O)CC2)c1. The Morgan fingerprint density at radius 2 is 2.11 bits per heavy atom. The number of benzene rings is 1. The molecular weight excluding hydrogens is 250 g/mol. The standard InChI is InChI=1S/C13H17NO3S/c1-17-12-4-2-3-11(9-12)13(15)10-14-5-7-18(16)8-6-14/h2-4,9H,5-8,10H2,1H3. The van der Waals surface area contributed by atoms with Gasteiger partial charge in [-0.25, -0.2) is 0 Å². The molecule has 1 aliphatic rings.